The average Bonchev–Trinajstić information content (AvgIpc) is 2.89. The average molecular weight is 283 g/mol. The molecule has 2 nitrogen and oxygen atoms in total. The first kappa shape index (κ1) is 15.4. The lowest BCUT2D eigenvalue weighted by molar-refractivity contribution is 0.0775. The van der Waals surface area contributed by atoms with Crippen LogP contribution in [-0.4, -0.2) is 25.3 Å². The first-order valence-corrected chi connectivity index (χ1v) is 7.44. The molecule has 0 bridgehead atoms. The normalized spacial score (nSPS) is 24.0. The van der Waals surface area contributed by atoms with Gasteiger partial charge in [0, 0.05) is 24.6 Å². The molecular weight excluding hydrogens is 260 g/mol. The maximum Gasteiger partial charge on any atom is 0.129 e. The number of hydrogen-bond acceptors (Lipinski definition) is 2. The molecule has 0 aromatic heterocycles. The molecule has 1 aromatic rings. The Kier molecular flexibility index (Phi) is 5.49. The largest absolute Gasteiger partial charge is 0.378 e. The van der Waals surface area contributed by atoms with E-state index in [1.165, 1.54) is 6.07 Å². The molecule has 4 heteroatoms. The van der Waals surface area contributed by atoms with Crippen LogP contribution in [0.2, 0.25) is 0 Å². The van der Waals surface area contributed by atoms with Crippen LogP contribution in [0.1, 0.15) is 32.3 Å². The Hall–Kier alpha value is -1.00. The van der Waals surface area contributed by atoms with Crippen molar-refractivity contribution in [3.05, 3.63) is 35.4 Å². The fraction of sp³-hybridized carbons (Fsp3) is 0.625. The topological polar surface area (TPSA) is 21.3 Å². The molecule has 2 rings (SSSR count). The van der Waals surface area contributed by atoms with Gasteiger partial charge >= 0.3 is 0 Å². The highest BCUT2D eigenvalue weighted by molar-refractivity contribution is 5.20. The summed E-state index contributed by atoms with van der Waals surface area (Å²) in [7, 11) is 0. The molecule has 0 spiro atoms. The molecule has 1 aliphatic heterocycles. The predicted molar refractivity (Wildman–Crippen MR) is 75.7 cm³/mol. The summed E-state index contributed by atoms with van der Waals surface area (Å²) in [5.41, 5.74) is 0.569. The monoisotopic (exact) mass is 283 g/mol. The van der Waals surface area contributed by atoms with Gasteiger partial charge in [0.2, 0.25) is 0 Å². The van der Waals surface area contributed by atoms with Crippen LogP contribution >= 0.6 is 0 Å². The Morgan fingerprint density at radius 3 is 2.80 bits per heavy atom. The van der Waals surface area contributed by atoms with Crippen LogP contribution in [0, 0.1) is 17.6 Å². The van der Waals surface area contributed by atoms with Crippen molar-refractivity contribution in [3.63, 3.8) is 0 Å². The summed E-state index contributed by atoms with van der Waals surface area (Å²) in [5.74, 6) is -0.592. The summed E-state index contributed by atoms with van der Waals surface area (Å²) < 4.78 is 32.5. The molecule has 1 heterocycles. The van der Waals surface area contributed by atoms with Gasteiger partial charge in [0.15, 0.2) is 0 Å². The van der Waals surface area contributed by atoms with E-state index in [1.54, 1.807) is 6.07 Å². The molecular formula is C16H23F2NO. The summed E-state index contributed by atoms with van der Waals surface area (Å²) in [6, 6.07) is 4.00. The van der Waals surface area contributed by atoms with Crippen LogP contribution in [0.3, 0.4) is 0 Å². The minimum atomic E-state index is -0.526. The van der Waals surface area contributed by atoms with Crippen molar-refractivity contribution in [1.82, 2.24) is 5.32 Å². The van der Waals surface area contributed by atoms with E-state index >= 15 is 0 Å². The molecule has 112 valence electrons. The first-order chi connectivity index (χ1) is 9.65. The van der Waals surface area contributed by atoms with E-state index in [1.807, 2.05) is 6.92 Å². The van der Waals surface area contributed by atoms with E-state index in [0.717, 1.165) is 32.1 Å². The molecule has 1 aromatic carbocycles. The number of halogens is 2. The van der Waals surface area contributed by atoms with Crippen molar-refractivity contribution in [2.75, 3.05) is 13.2 Å². The van der Waals surface area contributed by atoms with Crippen LogP contribution < -0.4 is 5.32 Å². The lowest BCUT2D eigenvalue weighted by Gasteiger charge is -2.28. The molecule has 1 fully saturated rings. The number of nitrogens with one attached hydrogen (secondary N) is 1. The highest BCUT2D eigenvalue weighted by atomic mass is 19.1. The third-order valence-corrected chi connectivity index (χ3v) is 4.10. The fourth-order valence-corrected chi connectivity index (χ4v) is 3.11. The van der Waals surface area contributed by atoms with E-state index in [0.29, 0.717) is 17.9 Å². The third kappa shape index (κ3) is 3.55. The molecule has 0 aliphatic carbocycles. The number of hydrogen-bond donors (Lipinski definition) is 1. The second-order valence-corrected chi connectivity index (χ2v) is 5.37. The van der Waals surface area contributed by atoms with E-state index in [4.69, 9.17) is 4.74 Å². The van der Waals surface area contributed by atoms with Gasteiger partial charge in [0.25, 0.3) is 0 Å². The standard InChI is InChI=1S/C16H23F2NO/c1-3-16-13(7-8-20-16)15(19-4-2)9-11-5-6-12(17)10-14(11)18/h5-6,10,13,15-16,19H,3-4,7-9H2,1-2H3. The van der Waals surface area contributed by atoms with E-state index in [2.05, 4.69) is 12.2 Å². The Balaban J connectivity index is 2.12. The van der Waals surface area contributed by atoms with Gasteiger partial charge in [-0.3, -0.25) is 0 Å². The van der Waals surface area contributed by atoms with Crippen LogP contribution in [0.5, 0.6) is 0 Å². The van der Waals surface area contributed by atoms with Gasteiger partial charge in [-0.1, -0.05) is 19.9 Å². The van der Waals surface area contributed by atoms with Gasteiger partial charge in [0.05, 0.1) is 6.10 Å². The van der Waals surface area contributed by atoms with Gasteiger partial charge in [-0.2, -0.15) is 0 Å². The highest BCUT2D eigenvalue weighted by Gasteiger charge is 2.33. The highest BCUT2D eigenvalue weighted by Crippen LogP contribution is 2.28. The lowest BCUT2D eigenvalue weighted by atomic mass is 9.87. The van der Waals surface area contributed by atoms with Gasteiger partial charge in [-0.25, -0.2) is 8.78 Å². The number of ether oxygens (including phenoxy) is 1. The van der Waals surface area contributed by atoms with Crippen LogP contribution in [-0.2, 0) is 11.2 Å². The lowest BCUT2D eigenvalue weighted by Crippen LogP contribution is -2.41. The maximum atomic E-state index is 13.8. The van der Waals surface area contributed by atoms with Crippen molar-refractivity contribution in [3.8, 4) is 0 Å². The second kappa shape index (κ2) is 7.14. The zero-order valence-electron chi connectivity index (χ0n) is 12.2. The fourth-order valence-electron chi connectivity index (χ4n) is 3.11. The summed E-state index contributed by atoms with van der Waals surface area (Å²) in [6.45, 7) is 5.77. The first-order valence-electron chi connectivity index (χ1n) is 7.44. The summed E-state index contributed by atoms with van der Waals surface area (Å²) in [4.78, 5) is 0. The van der Waals surface area contributed by atoms with Crippen molar-refractivity contribution >= 4 is 0 Å². The maximum absolute atomic E-state index is 13.8. The second-order valence-electron chi connectivity index (χ2n) is 5.37. The molecule has 3 unspecified atom stereocenters. The minimum Gasteiger partial charge on any atom is -0.378 e. The van der Waals surface area contributed by atoms with E-state index < -0.39 is 11.6 Å². The molecule has 20 heavy (non-hydrogen) atoms. The predicted octanol–water partition coefficient (Wildman–Crippen LogP) is 3.30. The van der Waals surface area contributed by atoms with Gasteiger partial charge in [0.1, 0.15) is 11.6 Å². The summed E-state index contributed by atoms with van der Waals surface area (Å²) in [5, 5.41) is 3.44. The molecule has 0 radical (unpaired) electrons. The quantitative estimate of drug-likeness (QED) is 0.865. The minimum absolute atomic E-state index is 0.174. The molecule has 0 amide bonds. The summed E-state index contributed by atoms with van der Waals surface area (Å²) in [6.07, 6.45) is 2.78. The van der Waals surface area contributed by atoms with Gasteiger partial charge in [-0.15, -0.1) is 0 Å². The van der Waals surface area contributed by atoms with Crippen LogP contribution in [0.15, 0.2) is 18.2 Å². The van der Waals surface area contributed by atoms with Crippen molar-refractivity contribution in [1.29, 1.82) is 0 Å². The smallest absolute Gasteiger partial charge is 0.129 e. The molecule has 1 saturated heterocycles. The molecule has 3 atom stereocenters. The van der Waals surface area contributed by atoms with Crippen LogP contribution in [0.25, 0.3) is 0 Å². The summed E-state index contributed by atoms with van der Waals surface area (Å²) >= 11 is 0. The van der Waals surface area contributed by atoms with Crippen molar-refractivity contribution < 1.29 is 13.5 Å². The molecule has 1 aliphatic rings. The third-order valence-electron chi connectivity index (χ3n) is 4.10. The van der Waals surface area contributed by atoms with Crippen molar-refractivity contribution in [2.24, 2.45) is 5.92 Å². The molecule has 0 saturated carbocycles. The molecule has 1 N–H and O–H groups in total. The Labute approximate surface area is 119 Å². The zero-order chi connectivity index (χ0) is 14.5. The van der Waals surface area contributed by atoms with Crippen molar-refractivity contribution in [2.45, 2.75) is 45.3 Å². The SMILES string of the molecule is CCNC(Cc1ccc(F)cc1F)C1CCOC1CC. The Morgan fingerprint density at radius 1 is 1.35 bits per heavy atom. The number of likely N-dealkylation sites (N-methyl/N-ethyl adjacent to an activating group) is 1. The Bertz CT molecular complexity index is 438. The number of benzene rings is 1. The van der Waals surface area contributed by atoms with E-state index in [-0.39, 0.29) is 12.1 Å². The zero-order valence-corrected chi connectivity index (χ0v) is 12.2. The van der Waals surface area contributed by atoms with Gasteiger partial charge in [-0.05, 0) is 37.4 Å². The Morgan fingerprint density at radius 2 is 2.15 bits per heavy atom. The van der Waals surface area contributed by atoms with Crippen LogP contribution in [0.4, 0.5) is 8.78 Å². The number of rotatable bonds is 6. The van der Waals surface area contributed by atoms with E-state index in [9.17, 15) is 8.78 Å². The van der Waals surface area contributed by atoms with Gasteiger partial charge < -0.3 is 10.1 Å².